The van der Waals surface area contributed by atoms with Crippen LogP contribution in [0.5, 0.6) is 5.75 Å². The number of rotatable bonds is 7. The molecule has 0 radical (unpaired) electrons. The Balaban J connectivity index is 2.57. The van der Waals surface area contributed by atoms with Gasteiger partial charge in [-0.05, 0) is 38.6 Å². The molecule has 1 unspecified atom stereocenters. The van der Waals surface area contributed by atoms with Crippen LogP contribution < -0.4 is 4.72 Å². The van der Waals surface area contributed by atoms with Crippen molar-refractivity contribution in [2.45, 2.75) is 31.2 Å². The predicted molar refractivity (Wildman–Crippen MR) is 75.7 cm³/mol. The summed E-state index contributed by atoms with van der Waals surface area (Å²) in [5, 5.41) is 9.29. The molecule has 0 amide bonds. The molecule has 0 heterocycles. The predicted octanol–water partition coefficient (Wildman–Crippen LogP) is 1.40. The zero-order chi connectivity index (χ0) is 14.5. The van der Waals surface area contributed by atoms with Crippen molar-refractivity contribution in [3.63, 3.8) is 0 Å². The van der Waals surface area contributed by atoms with Gasteiger partial charge in [0.15, 0.2) is 0 Å². The van der Waals surface area contributed by atoms with Gasteiger partial charge in [0, 0.05) is 19.1 Å². The number of aromatic hydroxyl groups is 1. The zero-order valence-corrected chi connectivity index (χ0v) is 12.4. The van der Waals surface area contributed by atoms with E-state index in [1.165, 1.54) is 24.3 Å². The molecule has 0 saturated carbocycles. The summed E-state index contributed by atoms with van der Waals surface area (Å²) in [6.45, 7) is 5.19. The molecule has 1 aromatic rings. The van der Waals surface area contributed by atoms with Gasteiger partial charge in [-0.3, -0.25) is 0 Å². The second-order valence-corrected chi connectivity index (χ2v) is 6.40. The first-order valence-electron chi connectivity index (χ1n) is 6.35. The maximum absolute atomic E-state index is 12.0. The second-order valence-electron chi connectivity index (χ2n) is 4.63. The van der Waals surface area contributed by atoms with E-state index in [9.17, 15) is 13.5 Å². The van der Waals surface area contributed by atoms with Crippen molar-refractivity contribution in [3.8, 4) is 5.75 Å². The fourth-order valence-corrected chi connectivity index (χ4v) is 2.68. The zero-order valence-electron chi connectivity index (χ0n) is 11.6. The van der Waals surface area contributed by atoms with Crippen LogP contribution in [0.15, 0.2) is 29.2 Å². The van der Waals surface area contributed by atoms with Crippen LogP contribution >= 0.6 is 0 Å². The molecule has 6 heteroatoms. The van der Waals surface area contributed by atoms with Crippen molar-refractivity contribution in [2.24, 2.45) is 0 Å². The lowest BCUT2D eigenvalue weighted by Gasteiger charge is -2.23. The minimum absolute atomic E-state index is 0.0559. The summed E-state index contributed by atoms with van der Waals surface area (Å²) in [4.78, 5) is 2.18. The van der Waals surface area contributed by atoms with E-state index in [1.807, 2.05) is 7.05 Å². The SMILES string of the molecule is CCC(C)N(C)CCNS(=O)(=O)c1cccc(O)c1. The molecule has 0 fully saturated rings. The molecule has 19 heavy (non-hydrogen) atoms. The number of hydrogen-bond acceptors (Lipinski definition) is 4. The van der Waals surface area contributed by atoms with Gasteiger partial charge in [-0.15, -0.1) is 0 Å². The first-order chi connectivity index (χ1) is 8.86. The van der Waals surface area contributed by atoms with Crippen molar-refractivity contribution < 1.29 is 13.5 Å². The van der Waals surface area contributed by atoms with Gasteiger partial charge in [-0.1, -0.05) is 13.0 Å². The number of hydrogen-bond donors (Lipinski definition) is 2. The fraction of sp³-hybridized carbons (Fsp3) is 0.538. The average Bonchev–Trinajstić information content (AvgIpc) is 2.37. The summed E-state index contributed by atoms with van der Waals surface area (Å²) in [5.41, 5.74) is 0. The number of sulfonamides is 1. The van der Waals surface area contributed by atoms with E-state index in [0.717, 1.165) is 6.42 Å². The number of benzene rings is 1. The molecule has 0 aliphatic rings. The van der Waals surface area contributed by atoms with Crippen molar-refractivity contribution in [2.75, 3.05) is 20.1 Å². The topological polar surface area (TPSA) is 69.6 Å². The lowest BCUT2D eigenvalue weighted by molar-refractivity contribution is 0.256. The van der Waals surface area contributed by atoms with E-state index in [4.69, 9.17) is 0 Å². The fourth-order valence-electron chi connectivity index (χ4n) is 1.62. The summed E-state index contributed by atoms with van der Waals surface area (Å²) in [5.74, 6) is -0.0559. The molecule has 0 saturated heterocycles. The number of likely N-dealkylation sites (N-methyl/N-ethyl adjacent to an activating group) is 1. The molecule has 1 rings (SSSR count). The molecule has 1 aromatic carbocycles. The highest BCUT2D eigenvalue weighted by molar-refractivity contribution is 7.89. The summed E-state index contributed by atoms with van der Waals surface area (Å²) in [7, 11) is -1.58. The van der Waals surface area contributed by atoms with Crippen molar-refractivity contribution in [1.82, 2.24) is 9.62 Å². The summed E-state index contributed by atoms with van der Waals surface area (Å²) >= 11 is 0. The van der Waals surface area contributed by atoms with Crippen LogP contribution in [-0.4, -0.2) is 44.6 Å². The summed E-state index contributed by atoms with van der Waals surface area (Å²) in [6.07, 6.45) is 1.02. The number of phenolic OH excluding ortho intramolecular Hbond substituents is 1. The normalized spacial score (nSPS) is 13.7. The lowest BCUT2D eigenvalue weighted by Crippen LogP contribution is -2.37. The highest BCUT2D eigenvalue weighted by Gasteiger charge is 2.14. The van der Waals surface area contributed by atoms with Crippen LogP contribution in [0.2, 0.25) is 0 Å². The molecule has 0 spiro atoms. The molecule has 0 aliphatic carbocycles. The largest absolute Gasteiger partial charge is 0.508 e. The Labute approximate surface area is 115 Å². The van der Waals surface area contributed by atoms with E-state index < -0.39 is 10.0 Å². The molecule has 2 N–H and O–H groups in total. The standard InChI is InChI=1S/C13H22N2O3S/c1-4-11(2)15(3)9-8-14-19(17,18)13-7-5-6-12(16)10-13/h5-7,10-11,14,16H,4,8-9H2,1-3H3. The van der Waals surface area contributed by atoms with Gasteiger partial charge in [-0.2, -0.15) is 0 Å². The maximum Gasteiger partial charge on any atom is 0.240 e. The van der Waals surface area contributed by atoms with Crippen LogP contribution in [0.25, 0.3) is 0 Å². The number of nitrogens with zero attached hydrogens (tertiary/aromatic N) is 1. The van der Waals surface area contributed by atoms with Crippen molar-refractivity contribution >= 4 is 10.0 Å². The van der Waals surface area contributed by atoms with Crippen molar-refractivity contribution in [3.05, 3.63) is 24.3 Å². The van der Waals surface area contributed by atoms with Crippen LogP contribution in [0, 0.1) is 0 Å². The Kier molecular flexibility index (Phi) is 5.78. The molecule has 0 aliphatic heterocycles. The van der Waals surface area contributed by atoms with Gasteiger partial charge in [0.05, 0.1) is 4.90 Å². The van der Waals surface area contributed by atoms with Crippen LogP contribution in [0.3, 0.4) is 0 Å². The third-order valence-corrected chi connectivity index (χ3v) is 4.69. The first kappa shape index (κ1) is 15.9. The molecular weight excluding hydrogens is 264 g/mol. The van der Waals surface area contributed by atoms with E-state index in [0.29, 0.717) is 19.1 Å². The molecule has 1 atom stereocenters. The Morgan fingerprint density at radius 3 is 2.68 bits per heavy atom. The molecule has 0 bridgehead atoms. The Hall–Kier alpha value is -1.11. The van der Waals surface area contributed by atoms with Crippen LogP contribution in [0.1, 0.15) is 20.3 Å². The summed E-state index contributed by atoms with van der Waals surface area (Å²) in [6, 6.07) is 6.07. The maximum atomic E-state index is 12.0. The highest BCUT2D eigenvalue weighted by atomic mass is 32.2. The molecule has 0 aromatic heterocycles. The minimum atomic E-state index is -3.55. The first-order valence-corrected chi connectivity index (χ1v) is 7.84. The molecule has 108 valence electrons. The van der Waals surface area contributed by atoms with E-state index in [-0.39, 0.29) is 10.6 Å². The van der Waals surface area contributed by atoms with Gasteiger partial charge in [-0.25, -0.2) is 13.1 Å². The van der Waals surface area contributed by atoms with Gasteiger partial charge >= 0.3 is 0 Å². The minimum Gasteiger partial charge on any atom is -0.508 e. The quantitative estimate of drug-likeness (QED) is 0.795. The van der Waals surface area contributed by atoms with E-state index in [2.05, 4.69) is 23.5 Å². The number of phenols is 1. The molecular formula is C13H22N2O3S. The highest BCUT2D eigenvalue weighted by Crippen LogP contribution is 2.15. The third kappa shape index (κ3) is 4.81. The monoisotopic (exact) mass is 286 g/mol. The number of nitrogens with one attached hydrogen (secondary N) is 1. The molecule has 5 nitrogen and oxygen atoms in total. The summed E-state index contributed by atoms with van der Waals surface area (Å²) < 4.78 is 26.5. The van der Waals surface area contributed by atoms with E-state index >= 15 is 0 Å². The van der Waals surface area contributed by atoms with Gasteiger partial charge in [0.2, 0.25) is 10.0 Å². The smallest absolute Gasteiger partial charge is 0.240 e. The Morgan fingerprint density at radius 2 is 2.11 bits per heavy atom. The Morgan fingerprint density at radius 1 is 1.42 bits per heavy atom. The van der Waals surface area contributed by atoms with Gasteiger partial charge < -0.3 is 10.0 Å². The van der Waals surface area contributed by atoms with Crippen LogP contribution in [0.4, 0.5) is 0 Å². The Bertz CT molecular complexity index is 502. The van der Waals surface area contributed by atoms with Crippen molar-refractivity contribution in [1.29, 1.82) is 0 Å². The third-order valence-electron chi connectivity index (χ3n) is 3.23. The lowest BCUT2D eigenvalue weighted by atomic mass is 10.2. The average molecular weight is 286 g/mol. The second kappa shape index (κ2) is 6.88. The van der Waals surface area contributed by atoms with Gasteiger partial charge in [0.1, 0.15) is 5.75 Å². The van der Waals surface area contributed by atoms with E-state index in [1.54, 1.807) is 0 Å². The van der Waals surface area contributed by atoms with Gasteiger partial charge in [0.25, 0.3) is 0 Å². The van der Waals surface area contributed by atoms with Crippen LogP contribution in [-0.2, 0) is 10.0 Å².